The zero-order valence-corrected chi connectivity index (χ0v) is 7.50. The molecule has 0 radical (unpaired) electrons. The first-order valence-corrected chi connectivity index (χ1v) is 3.83. The maximum atomic E-state index is 12.2. The zero-order valence-electron chi connectivity index (χ0n) is 6.68. The summed E-state index contributed by atoms with van der Waals surface area (Å²) in [5, 5.41) is 0. The number of hydrogen-bond acceptors (Lipinski definition) is 2. The van der Waals surface area contributed by atoms with E-state index in [4.69, 9.17) is 5.73 Å². The Labute approximate surface area is 81.7 Å². The molecule has 1 amide bonds. The highest BCUT2D eigenvalue weighted by molar-refractivity contribution is 7.71. The Morgan fingerprint density at radius 2 is 2.00 bits per heavy atom. The molecule has 0 atom stereocenters. The largest absolute Gasteiger partial charge is 0.431 e. The van der Waals surface area contributed by atoms with E-state index in [-0.39, 0.29) is 10.2 Å². The molecule has 1 rings (SSSR count). The van der Waals surface area contributed by atoms with E-state index in [0.29, 0.717) is 0 Å². The highest BCUT2D eigenvalue weighted by Gasteiger charge is 2.32. The second kappa shape index (κ2) is 3.41. The van der Waals surface area contributed by atoms with Crippen molar-refractivity contribution in [1.82, 2.24) is 4.98 Å². The van der Waals surface area contributed by atoms with Gasteiger partial charge in [-0.05, 0) is 12.1 Å². The lowest BCUT2D eigenvalue weighted by molar-refractivity contribution is -0.141. The van der Waals surface area contributed by atoms with Gasteiger partial charge in [-0.25, -0.2) is 0 Å². The van der Waals surface area contributed by atoms with Gasteiger partial charge in [0.1, 0.15) is 11.4 Å². The fourth-order valence-electron chi connectivity index (χ4n) is 0.829. The summed E-state index contributed by atoms with van der Waals surface area (Å²) in [4.78, 5) is 12.5. The van der Waals surface area contributed by atoms with Gasteiger partial charge in [-0.2, -0.15) is 13.2 Å². The Morgan fingerprint density at radius 1 is 1.43 bits per heavy atom. The van der Waals surface area contributed by atoms with E-state index in [1.54, 1.807) is 0 Å². The van der Waals surface area contributed by atoms with Crippen LogP contribution in [-0.2, 0) is 6.18 Å². The molecule has 0 fully saturated rings. The number of H-pyrrole nitrogens is 1. The Hall–Kier alpha value is -1.37. The number of nitrogens with one attached hydrogen (secondary N) is 1. The van der Waals surface area contributed by atoms with Crippen molar-refractivity contribution in [2.45, 2.75) is 6.18 Å². The number of halogens is 3. The second-order valence-corrected chi connectivity index (χ2v) is 2.98. The first-order chi connectivity index (χ1) is 6.30. The lowest BCUT2D eigenvalue weighted by atomic mass is 10.3. The average molecular weight is 222 g/mol. The molecule has 0 aromatic carbocycles. The van der Waals surface area contributed by atoms with Crippen molar-refractivity contribution in [3.05, 3.63) is 28.0 Å². The van der Waals surface area contributed by atoms with Gasteiger partial charge in [0, 0.05) is 4.51 Å². The predicted molar refractivity (Wildman–Crippen MR) is 45.1 cm³/mol. The lowest BCUT2D eigenvalue weighted by Gasteiger charge is -2.07. The molecule has 0 aliphatic heterocycles. The van der Waals surface area contributed by atoms with Crippen LogP contribution < -0.4 is 5.73 Å². The van der Waals surface area contributed by atoms with E-state index in [2.05, 4.69) is 12.2 Å². The molecule has 7 heteroatoms. The summed E-state index contributed by atoms with van der Waals surface area (Å²) in [5.74, 6) is -0.984. The van der Waals surface area contributed by atoms with E-state index >= 15 is 0 Å². The molecule has 0 aliphatic rings. The van der Waals surface area contributed by atoms with Crippen molar-refractivity contribution in [3.8, 4) is 0 Å². The quantitative estimate of drug-likeness (QED) is 0.712. The fraction of sp³-hybridized carbons (Fsp3) is 0.143. The van der Waals surface area contributed by atoms with Crippen LogP contribution in [-0.4, -0.2) is 10.9 Å². The maximum absolute atomic E-state index is 12.2. The molecule has 0 bridgehead atoms. The van der Waals surface area contributed by atoms with Crippen LogP contribution in [0, 0.1) is 4.51 Å². The molecule has 1 aromatic heterocycles. The van der Waals surface area contributed by atoms with Gasteiger partial charge in [-0.15, -0.1) is 0 Å². The molecule has 0 unspecified atom stereocenters. The number of carbonyl (C=O) groups is 1. The number of aromatic nitrogens is 1. The van der Waals surface area contributed by atoms with Crippen molar-refractivity contribution >= 4 is 18.1 Å². The van der Waals surface area contributed by atoms with Crippen molar-refractivity contribution in [2.75, 3.05) is 0 Å². The third kappa shape index (κ3) is 2.32. The lowest BCUT2D eigenvalue weighted by Crippen LogP contribution is -2.17. The summed E-state index contributed by atoms with van der Waals surface area (Å²) in [5.41, 5.74) is 3.37. The number of carbonyl (C=O) groups excluding carboxylic acids is 1. The van der Waals surface area contributed by atoms with E-state index in [1.165, 1.54) is 0 Å². The van der Waals surface area contributed by atoms with Gasteiger partial charge >= 0.3 is 6.18 Å². The fourth-order valence-corrected chi connectivity index (χ4v) is 1.06. The van der Waals surface area contributed by atoms with Crippen LogP contribution >= 0.6 is 12.2 Å². The predicted octanol–water partition coefficient (Wildman–Crippen LogP) is 1.86. The number of amides is 1. The Balaban J connectivity index is 3.35. The maximum Gasteiger partial charge on any atom is 0.431 e. The average Bonchev–Trinajstić information content (AvgIpc) is 2.01. The SMILES string of the molecule is NC(=O)c1cc(=S)cc(C(F)(F)F)[nH]1. The standard InChI is InChI=1S/C7H5F3N2OS/c8-7(9,10)5-2-3(14)1-4(12-5)6(11)13/h1-2H,(H2,11,13)(H,12,14). The number of pyridine rings is 1. The number of rotatable bonds is 1. The summed E-state index contributed by atoms with van der Waals surface area (Å²) < 4.78 is 36.5. The molecule has 1 aromatic rings. The molecule has 76 valence electrons. The van der Waals surface area contributed by atoms with Gasteiger partial charge in [-0.1, -0.05) is 12.2 Å². The summed E-state index contributed by atoms with van der Waals surface area (Å²) in [6.07, 6.45) is -4.57. The Morgan fingerprint density at radius 3 is 2.43 bits per heavy atom. The van der Waals surface area contributed by atoms with E-state index in [1.807, 2.05) is 4.98 Å². The summed E-state index contributed by atoms with van der Waals surface area (Å²) in [6.45, 7) is 0. The number of hydrogen-bond donors (Lipinski definition) is 2. The molecule has 3 N–H and O–H groups in total. The number of aromatic amines is 1. The summed E-state index contributed by atoms with van der Waals surface area (Å²) in [7, 11) is 0. The third-order valence-corrected chi connectivity index (χ3v) is 1.65. The first-order valence-electron chi connectivity index (χ1n) is 3.42. The molecule has 0 aliphatic carbocycles. The zero-order chi connectivity index (χ0) is 10.9. The number of alkyl halides is 3. The molecule has 3 nitrogen and oxygen atoms in total. The Kier molecular flexibility index (Phi) is 2.61. The highest BCUT2D eigenvalue weighted by Crippen LogP contribution is 2.27. The molecule has 0 saturated carbocycles. The molecule has 1 heterocycles. The molecular formula is C7H5F3N2OS. The van der Waals surface area contributed by atoms with Crippen LogP contribution in [0.5, 0.6) is 0 Å². The van der Waals surface area contributed by atoms with Gasteiger partial charge in [0.15, 0.2) is 0 Å². The number of primary amides is 1. The molecule has 0 saturated heterocycles. The van der Waals surface area contributed by atoms with Gasteiger partial charge < -0.3 is 10.7 Å². The minimum absolute atomic E-state index is 0.0927. The van der Waals surface area contributed by atoms with E-state index in [9.17, 15) is 18.0 Å². The minimum atomic E-state index is -4.57. The van der Waals surface area contributed by atoms with E-state index in [0.717, 1.165) is 12.1 Å². The molecule has 0 spiro atoms. The minimum Gasteiger partial charge on any atom is -0.364 e. The summed E-state index contributed by atoms with van der Waals surface area (Å²) >= 11 is 4.55. The second-order valence-electron chi connectivity index (χ2n) is 2.51. The van der Waals surface area contributed by atoms with Crippen LogP contribution in [0.15, 0.2) is 12.1 Å². The highest BCUT2D eigenvalue weighted by atomic mass is 32.1. The van der Waals surface area contributed by atoms with Gasteiger partial charge in [-0.3, -0.25) is 4.79 Å². The molecular weight excluding hydrogens is 217 g/mol. The van der Waals surface area contributed by atoms with Crippen molar-refractivity contribution < 1.29 is 18.0 Å². The first kappa shape index (κ1) is 10.7. The van der Waals surface area contributed by atoms with Crippen LogP contribution in [0.2, 0.25) is 0 Å². The van der Waals surface area contributed by atoms with Crippen molar-refractivity contribution in [1.29, 1.82) is 0 Å². The monoisotopic (exact) mass is 222 g/mol. The van der Waals surface area contributed by atoms with Crippen LogP contribution in [0.25, 0.3) is 0 Å². The van der Waals surface area contributed by atoms with Crippen LogP contribution in [0.1, 0.15) is 16.2 Å². The van der Waals surface area contributed by atoms with Crippen LogP contribution in [0.4, 0.5) is 13.2 Å². The summed E-state index contributed by atoms with van der Waals surface area (Å²) in [6, 6.07) is 1.80. The topological polar surface area (TPSA) is 58.9 Å². The van der Waals surface area contributed by atoms with Gasteiger partial charge in [0.25, 0.3) is 5.91 Å². The van der Waals surface area contributed by atoms with Crippen molar-refractivity contribution in [2.24, 2.45) is 5.73 Å². The van der Waals surface area contributed by atoms with Crippen molar-refractivity contribution in [3.63, 3.8) is 0 Å². The van der Waals surface area contributed by atoms with Gasteiger partial charge in [0.2, 0.25) is 0 Å². The van der Waals surface area contributed by atoms with E-state index < -0.39 is 17.8 Å². The van der Waals surface area contributed by atoms with Crippen LogP contribution in [0.3, 0.4) is 0 Å². The number of nitrogens with two attached hydrogens (primary N) is 1. The van der Waals surface area contributed by atoms with Gasteiger partial charge in [0.05, 0.1) is 0 Å². The Bertz CT molecular complexity index is 424. The normalized spacial score (nSPS) is 11.4. The third-order valence-electron chi connectivity index (χ3n) is 1.41. The smallest absolute Gasteiger partial charge is 0.364 e. The molecule has 14 heavy (non-hydrogen) atoms.